The average molecular weight is 460 g/mol. The molecule has 0 bridgehead atoms. The Balaban J connectivity index is 0.00000576. The fourth-order valence-electron chi connectivity index (χ4n) is 2.18. The van der Waals surface area contributed by atoms with E-state index in [0.717, 1.165) is 25.3 Å². The molecule has 1 amide bonds. The van der Waals surface area contributed by atoms with Crippen molar-refractivity contribution >= 4 is 35.8 Å². The number of rotatable bonds is 9. The van der Waals surface area contributed by atoms with Gasteiger partial charge in [-0.05, 0) is 31.0 Å². The molecule has 1 rings (SSSR count). The highest BCUT2D eigenvalue weighted by Gasteiger charge is 2.07. The van der Waals surface area contributed by atoms with Gasteiger partial charge in [-0.3, -0.25) is 9.79 Å². The molecule has 140 valence electrons. The summed E-state index contributed by atoms with van der Waals surface area (Å²) < 4.78 is 5.12. The normalized spacial score (nSPS) is 10.4. The van der Waals surface area contributed by atoms with E-state index in [2.05, 4.69) is 27.1 Å². The minimum absolute atomic E-state index is 0. The quantitative estimate of drug-likeness (QED) is 0.196. The van der Waals surface area contributed by atoms with Crippen molar-refractivity contribution in [3.63, 3.8) is 0 Å². The number of hydrogen-bond acceptors (Lipinski definition) is 3. The van der Waals surface area contributed by atoms with Crippen molar-refractivity contribution < 1.29 is 9.53 Å². The van der Waals surface area contributed by atoms with Gasteiger partial charge in [0.25, 0.3) is 5.91 Å². The van der Waals surface area contributed by atoms with Crippen molar-refractivity contribution in [1.29, 1.82) is 0 Å². The van der Waals surface area contributed by atoms with Crippen LogP contribution >= 0.6 is 24.0 Å². The lowest BCUT2D eigenvalue weighted by Gasteiger charge is -2.21. The molecule has 7 heteroatoms. The summed E-state index contributed by atoms with van der Waals surface area (Å²) in [4.78, 5) is 18.4. The van der Waals surface area contributed by atoms with Crippen LogP contribution in [0.15, 0.2) is 41.9 Å². The standard InChI is InChI=1S/C18H28N4O2.HI/c1-5-6-7-13-22(3)18(19-2)21-12-11-20-17(23)15-9-8-10-16(14-15)24-4;/h5,8-10,14H,1,6-7,11-13H2,2-4H3,(H,19,21)(H,20,23);1H. The van der Waals surface area contributed by atoms with Gasteiger partial charge in [0.05, 0.1) is 7.11 Å². The molecule has 6 nitrogen and oxygen atoms in total. The van der Waals surface area contributed by atoms with E-state index in [9.17, 15) is 4.79 Å². The summed E-state index contributed by atoms with van der Waals surface area (Å²) in [6, 6.07) is 7.09. The van der Waals surface area contributed by atoms with E-state index in [1.165, 1.54) is 0 Å². The number of allylic oxidation sites excluding steroid dienone is 1. The van der Waals surface area contributed by atoms with Crippen LogP contribution in [-0.4, -0.2) is 57.6 Å². The monoisotopic (exact) mass is 460 g/mol. The van der Waals surface area contributed by atoms with Crippen molar-refractivity contribution in [3.05, 3.63) is 42.5 Å². The Morgan fingerprint density at radius 2 is 2.08 bits per heavy atom. The number of carbonyl (C=O) groups excluding carboxylic acids is 1. The van der Waals surface area contributed by atoms with Crippen LogP contribution in [0.2, 0.25) is 0 Å². The number of methoxy groups -OCH3 is 1. The number of hydrogen-bond donors (Lipinski definition) is 2. The van der Waals surface area contributed by atoms with Gasteiger partial charge in [-0.1, -0.05) is 12.1 Å². The molecule has 0 unspecified atom stereocenters. The second-order valence-electron chi connectivity index (χ2n) is 5.31. The molecule has 0 aromatic heterocycles. The fourth-order valence-corrected chi connectivity index (χ4v) is 2.18. The number of unbranched alkanes of at least 4 members (excludes halogenated alkanes) is 1. The molecular formula is C18H29IN4O2. The van der Waals surface area contributed by atoms with Gasteiger partial charge < -0.3 is 20.3 Å². The number of nitrogens with zero attached hydrogens (tertiary/aromatic N) is 2. The van der Waals surface area contributed by atoms with Gasteiger partial charge in [0.2, 0.25) is 0 Å². The molecule has 0 spiro atoms. The number of guanidine groups is 1. The number of aliphatic imine (C=N–C) groups is 1. The molecule has 0 heterocycles. The smallest absolute Gasteiger partial charge is 0.251 e. The Labute approximate surface area is 167 Å². The fraction of sp³-hybridized carbons (Fsp3) is 0.444. The summed E-state index contributed by atoms with van der Waals surface area (Å²) in [5.41, 5.74) is 0.584. The second kappa shape index (κ2) is 13.5. The predicted molar refractivity (Wildman–Crippen MR) is 114 cm³/mol. The first-order chi connectivity index (χ1) is 11.6. The number of benzene rings is 1. The Kier molecular flexibility index (Phi) is 12.6. The summed E-state index contributed by atoms with van der Waals surface area (Å²) >= 11 is 0. The van der Waals surface area contributed by atoms with E-state index in [4.69, 9.17) is 4.74 Å². The van der Waals surface area contributed by atoms with Crippen LogP contribution in [0, 0.1) is 0 Å². The summed E-state index contributed by atoms with van der Waals surface area (Å²) in [6.45, 7) is 5.74. The zero-order valence-electron chi connectivity index (χ0n) is 15.2. The summed E-state index contributed by atoms with van der Waals surface area (Å²) in [5, 5.41) is 6.11. The lowest BCUT2D eigenvalue weighted by Crippen LogP contribution is -2.42. The molecule has 0 aliphatic carbocycles. The number of halogens is 1. The van der Waals surface area contributed by atoms with E-state index in [1.807, 2.05) is 19.2 Å². The first-order valence-corrected chi connectivity index (χ1v) is 8.07. The zero-order chi connectivity index (χ0) is 17.8. The largest absolute Gasteiger partial charge is 0.497 e. The van der Waals surface area contributed by atoms with E-state index >= 15 is 0 Å². The predicted octanol–water partition coefficient (Wildman–Crippen LogP) is 2.52. The molecule has 1 aromatic rings. The van der Waals surface area contributed by atoms with Crippen molar-refractivity contribution in [2.24, 2.45) is 4.99 Å². The van der Waals surface area contributed by atoms with Crippen LogP contribution in [-0.2, 0) is 0 Å². The zero-order valence-corrected chi connectivity index (χ0v) is 17.6. The average Bonchev–Trinajstić information content (AvgIpc) is 2.61. The SMILES string of the molecule is C=CCCCN(C)C(=NC)NCCNC(=O)c1cccc(OC)c1.I. The van der Waals surface area contributed by atoms with Crippen LogP contribution in [0.4, 0.5) is 0 Å². The van der Waals surface area contributed by atoms with E-state index < -0.39 is 0 Å². The van der Waals surface area contributed by atoms with Gasteiger partial charge >= 0.3 is 0 Å². The Hall–Kier alpha value is -1.77. The molecule has 0 aliphatic heterocycles. The van der Waals surface area contributed by atoms with Gasteiger partial charge in [0.15, 0.2) is 5.96 Å². The minimum atomic E-state index is -0.120. The van der Waals surface area contributed by atoms with E-state index in [1.54, 1.807) is 32.4 Å². The molecular weight excluding hydrogens is 431 g/mol. The van der Waals surface area contributed by atoms with Crippen molar-refractivity contribution in [2.45, 2.75) is 12.8 Å². The Bertz CT molecular complexity index is 564. The number of amides is 1. The minimum Gasteiger partial charge on any atom is -0.497 e. The van der Waals surface area contributed by atoms with Gasteiger partial charge in [-0.15, -0.1) is 30.6 Å². The molecule has 0 aliphatic rings. The summed E-state index contributed by atoms with van der Waals surface area (Å²) in [6.07, 6.45) is 3.93. The topological polar surface area (TPSA) is 66.0 Å². The molecule has 0 fully saturated rings. The number of carbonyl (C=O) groups is 1. The number of nitrogens with one attached hydrogen (secondary N) is 2. The first kappa shape index (κ1) is 23.2. The summed E-state index contributed by atoms with van der Waals surface area (Å²) in [5.74, 6) is 1.36. The van der Waals surface area contributed by atoms with Crippen molar-refractivity contribution in [3.8, 4) is 5.75 Å². The molecule has 25 heavy (non-hydrogen) atoms. The maximum Gasteiger partial charge on any atom is 0.251 e. The van der Waals surface area contributed by atoms with Crippen LogP contribution < -0.4 is 15.4 Å². The maximum absolute atomic E-state index is 12.1. The summed E-state index contributed by atoms with van der Waals surface area (Å²) in [7, 11) is 5.33. The highest BCUT2D eigenvalue weighted by atomic mass is 127. The third-order valence-corrected chi connectivity index (χ3v) is 3.50. The first-order valence-electron chi connectivity index (χ1n) is 8.07. The lowest BCUT2D eigenvalue weighted by molar-refractivity contribution is 0.0954. The molecule has 1 aromatic carbocycles. The Morgan fingerprint density at radius 1 is 1.36 bits per heavy atom. The van der Waals surface area contributed by atoms with E-state index in [-0.39, 0.29) is 29.9 Å². The molecule has 0 saturated carbocycles. The van der Waals surface area contributed by atoms with Crippen LogP contribution in [0.25, 0.3) is 0 Å². The molecule has 2 N–H and O–H groups in total. The van der Waals surface area contributed by atoms with Gasteiger partial charge in [-0.2, -0.15) is 0 Å². The molecule has 0 saturated heterocycles. The second-order valence-corrected chi connectivity index (χ2v) is 5.31. The van der Waals surface area contributed by atoms with Crippen molar-refractivity contribution in [1.82, 2.24) is 15.5 Å². The molecule has 0 atom stereocenters. The van der Waals surface area contributed by atoms with Gasteiger partial charge in [-0.25, -0.2) is 0 Å². The highest BCUT2D eigenvalue weighted by molar-refractivity contribution is 14.0. The number of ether oxygens (including phenoxy) is 1. The molecule has 0 radical (unpaired) electrons. The van der Waals surface area contributed by atoms with Gasteiger partial charge in [0.1, 0.15) is 5.75 Å². The van der Waals surface area contributed by atoms with Crippen molar-refractivity contribution in [2.75, 3.05) is 40.8 Å². The highest BCUT2D eigenvalue weighted by Crippen LogP contribution is 2.12. The van der Waals surface area contributed by atoms with Crippen LogP contribution in [0.5, 0.6) is 5.75 Å². The Morgan fingerprint density at radius 3 is 2.72 bits per heavy atom. The third kappa shape index (κ3) is 8.76. The maximum atomic E-state index is 12.1. The van der Waals surface area contributed by atoms with E-state index in [0.29, 0.717) is 24.4 Å². The van der Waals surface area contributed by atoms with Crippen LogP contribution in [0.1, 0.15) is 23.2 Å². The van der Waals surface area contributed by atoms with Crippen LogP contribution in [0.3, 0.4) is 0 Å². The third-order valence-electron chi connectivity index (χ3n) is 3.50. The lowest BCUT2D eigenvalue weighted by atomic mass is 10.2. The van der Waals surface area contributed by atoms with Gasteiger partial charge in [0, 0.05) is 39.3 Å².